The molecule has 190 valence electrons. The molecule has 0 bridgehead atoms. The number of hydrogen-bond donors (Lipinski definition) is 0. The molecule has 9 nitrogen and oxygen atoms in total. The van der Waals surface area contributed by atoms with Crippen molar-refractivity contribution < 1.29 is 38.1 Å². The first-order valence-electron chi connectivity index (χ1n) is 12.0. The third-order valence-electron chi connectivity index (χ3n) is 6.55. The smallest absolute Gasteiger partial charge is 0.453 e. The Morgan fingerprint density at radius 2 is 1.89 bits per heavy atom. The zero-order valence-electron chi connectivity index (χ0n) is 20.0. The third kappa shape index (κ3) is 4.01. The molecule has 0 saturated carbocycles. The van der Waals surface area contributed by atoms with E-state index in [1.807, 2.05) is 24.3 Å². The van der Waals surface area contributed by atoms with E-state index in [1.54, 1.807) is 30.9 Å². The van der Waals surface area contributed by atoms with Crippen LogP contribution < -0.4 is 0 Å². The van der Waals surface area contributed by atoms with Gasteiger partial charge < -0.3 is 23.7 Å². The molecular weight excluding hydrogens is 490 g/mol. The van der Waals surface area contributed by atoms with Crippen LogP contribution in [0.5, 0.6) is 0 Å². The summed E-state index contributed by atoms with van der Waals surface area (Å²) in [5, 5.41) is 0.574. The number of carbonyl (C=O) groups is 3. The summed E-state index contributed by atoms with van der Waals surface area (Å²) in [6.45, 7) is 3.70. The number of halogens is 1. The molecule has 1 fully saturated rings. The standard InChI is InChI=1S/C26H26ClNO8/c1-3-32-23(29)26(24(30)33-4-2)35-20-12-11-17-18(22(20)36-26)9-6-10-19(17)28-14-21(34-25(28)31)15-7-5-8-16(27)13-15/h5-9,13,19,21H,3-4,10-12,14H2,1-2H3/t19-,21-/m0/s1. The Balaban J connectivity index is 1.42. The zero-order chi connectivity index (χ0) is 25.4. The van der Waals surface area contributed by atoms with Gasteiger partial charge in [-0.05, 0) is 50.0 Å². The molecule has 0 unspecified atom stereocenters. The van der Waals surface area contributed by atoms with Gasteiger partial charge in [0, 0.05) is 17.0 Å². The number of esters is 2. The van der Waals surface area contributed by atoms with Crippen molar-refractivity contribution in [3.05, 3.63) is 69.7 Å². The number of rotatable bonds is 6. The van der Waals surface area contributed by atoms with Crippen molar-refractivity contribution in [2.24, 2.45) is 0 Å². The van der Waals surface area contributed by atoms with E-state index in [-0.39, 0.29) is 25.0 Å². The number of nitrogens with zero attached hydrogens (tertiary/aromatic N) is 1. The molecule has 2 atom stereocenters. The lowest BCUT2D eigenvalue weighted by atomic mass is 9.84. The predicted octanol–water partition coefficient (Wildman–Crippen LogP) is 4.33. The van der Waals surface area contributed by atoms with Gasteiger partial charge in [-0.1, -0.05) is 35.9 Å². The molecule has 4 aliphatic rings. The molecule has 2 aliphatic carbocycles. The molecule has 1 saturated heterocycles. The number of allylic oxidation sites excluding steroid dienone is 2. The van der Waals surface area contributed by atoms with Crippen LogP contribution in [0.2, 0.25) is 5.02 Å². The number of benzene rings is 1. The van der Waals surface area contributed by atoms with Crippen molar-refractivity contribution in [3.8, 4) is 0 Å². The summed E-state index contributed by atoms with van der Waals surface area (Å²) in [6, 6.07) is 7.00. The van der Waals surface area contributed by atoms with Crippen molar-refractivity contribution in [2.75, 3.05) is 19.8 Å². The van der Waals surface area contributed by atoms with E-state index in [0.717, 1.165) is 11.1 Å². The molecule has 10 heteroatoms. The molecule has 1 amide bonds. The Morgan fingerprint density at radius 1 is 1.14 bits per heavy atom. The van der Waals surface area contributed by atoms with Crippen molar-refractivity contribution in [1.82, 2.24) is 4.90 Å². The highest BCUT2D eigenvalue weighted by Crippen LogP contribution is 2.47. The van der Waals surface area contributed by atoms with Gasteiger partial charge in [0.05, 0.1) is 25.8 Å². The van der Waals surface area contributed by atoms with E-state index >= 15 is 0 Å². The minimum atomic E-state index is -2.34. The van der Waals surface area contributed by atoms with Gasteiger partial charge in [0.1, 0.15) is 11.9 Å². The van der Waals surface area contributed by atoms with Crippen molar-refractivity contribution in [1.29, 1.82) is 0 Å². The number of amides is 1. The fourth-order valence-corrected chi connectivity index (χ4v) is 5.16. The van der Waals surface area contributed by atoms with E-state index in [4.69, 9.17) is 35.3 Å². The number of fused-ring (bicyclic) bond motifs is 1. The lowest BCUT2D eigenvalue weighted by Crippen LogP contribution is -2.50. The van der Waals surface area contributed by atoms with Crippen molar-refractivity contribution >= 4 is 29.6 Å². The average molecular weight is 516 g/mol. The number of ether oxygens (including phenoxy) is 5. The molecule has 0 radical (unpaired) electrons. The summed E-state index contributed by atoms with van der Waals surface area (Å²) in [7, 11) is 0. The van der Waals surface area contributed by atoms with Gasteiger partial charge >= 0.3 is 23.8 Å². The maximum Gasteiger partial charge on any atom is 0.453 e. The quantitative estimate of drug-likeness (QED) is 0.313. The Kier molecular flexibility index (Phi) is 6.42. The molecule has 2 aliphatic heterocycles. The maximum absolute atomic E-state index is 12.9. The van der Waals surface area contributed by atoms with Gasteiger partial charge in [0.2, 0.25) is 0 Å². The van der Waals surface area contributed by atoms with Gasteiger partial charge in [0.25, 0.3) is 0 Å². The Hall–Kier alpha value is -3.46. The van der Waals surface area contributed by atoms with Gasteiger partial charge in [0.15, 0.2) is 5.76 Å². The van der Waals surface area contributed by atoms with E-state index in [0.29, 0.717) is 42.2 Å². The summed E-state index contributed by atoms with van der Waals surface area (Å²) < 4.78 is 27.6. The Labute approximate surface area is 213 Å². The van der Waals surface area contributed by atoms with Crippen LogP contribution in [0.25, 0.3) is 0 Å². The van der Waals surface area contributed by atoms with Crippen LogP contribution in [0, 0.1) is 0 Å². The summed E-state index contributed by atoms with van der Waals surface area (Å²) in [4.78, 5) is 40.2. The Morgan fingerprint density at radius 3 is 2.58 bits per heavy atom. The molecule has 0 spiro atoms. The number of hydrogen-bond acceptors (Lipinski definition) is 8. The first kappa shape index (κ1) is 24.2. The monoisotopic (exact) mass is 515 g/mol. The zero-order valence-corrected chi connectivity index (χ0v) is 20.7. The van der Waals surface area contributed by atoms with E-state index < -0.39 is 29.9 Å². The largest absolute Gasteiger partial charge is 0.460 e. The summed E-state index contributed by atoms with van der Waals surface area (Å²) in [5.74, 6) is -3.62. The second-order valence-electron chi connectivity index (χ2n) is 8.69. The van der Waals surface area contributed by atoms with Crippen LogP contribution in [0.15, 0.2) is 59.1 Å². The van der Waals surface area contributed by atoms with E-state index in [2.05, 4.69) is 0 Å². The predicted molar refractivity (Wildman–Crippen MR) is 126 cm³/mol. The first-order valence-corrected chi connectivity index (χ1v) is 12.3. The van der Waals surface area contributed by atoms with Crippen LogP contribution in [0.1, 0.15) is 44.8 Å². The fourth-order valence-electron chi connectivity index (χ4n) is 4.96. The summed E-state index contributed by atoms with van der Waals surface area (Å²) >= 11 is 6.13. The minimum Gasteiger partial charge on any atom is -0.460 e. The second-order valence-corrected chi connectivity index (χ2v) is 9.12. The highest BCUT2D eigenvalue weighted by Gasteiger charge is 2.61. The molecule has 1 aromatic rings. The SMILES string of the molecule is CCOC(=O)C1(C(=O)OCC)OC2=C(O1)C1=C(CC2)[C@@H](N2C[C@@H](c3cccc(Cl)c3)OC2=O)CC=C1. The highest BCUT2D eigenvalue weighted by atomic mass is 35.5. The molecule has 0 N–H and O–H groups in total. The maximum atomic E-state index is 12.9. The van der Waals surface area contributed by atoms with Crippen LogP contribution in [0.3, 0.4) is 0 Å². The van der Waals surface area contributed by atoms with Crippen LogP contribution in [-0.4, -0.2) is 54.5 Å². The molecular formula is C26H26ClNO8. The van der Waals surface area contributed by atoms with E-state index in [9.17, 15) is 14.4 Å². The first-order chi connectivity index (χ1) is 17.4. The van der Waals surface area contributed by atoms with Crippen LogP contribution >= 0.6 is 11.6 Å². The molecule has 36 heavy (non-hydrogen) atoms. The lowest BCUT2D eigenvalue weighted by Gasteiger charge is -2.33. The van der Waals surface area contributed by atoms with Crippen molar-refractivity contribution in [3.63, 3.8) is 0 Å². The summed E-state index contributed by atoms with van der Waals surface area (Å²) in [6.07, 6.45) is 4.49. The number of cyclic esters (lactones) is 1. The molecule has 0 aromatic heterocycles. The minimum absolute atomic E-state index is 0.0398. The molecule has 1 aromatic carbocycles. The lowest BCUT2D eigenvalue weighted by molar-refractivity contribution is -0.220. The van der Waals surface area contributed by atoms with Gasteiger partial charge in [-0.15, -0.1) is 0 Å². The third-order valence-corrected chi connectivity index (χ3v) is 6.78. The van der Waals surface area contributed by atoms with Gasteiger partial charge in [-0.2, -0.15) is 0 Å². The number of carbonyl (C=O) groups excluding carboxylic acids is 3. The van der Waals surface area contributed by atoms with Gasteiger partial charge in [-0.25, -0.2) is 14.4 Å². The molecule has 5 rings (SSSR count). The van der Waals surface area contributed by atoms with Crippen LogP contribution in [0.4, 0.5) is 4.79 Å². The van der Waals surface area contributed by atoms with Crippen LogP contribution in [-0.2, 0) is 33.3 Å². The normalized spacial score (nSPS) is 24.0. The summed E-state index contributed by atoms with van der Waals surface area (Å²) in [5.41, 5.74) is 2.46. The topological polar surface area (TPSA) is 101 Å². The Bertz CT molecular complexity index is 1180. The van der Waals surface area contributed by atoms with Gasteiger partial charge in [-0.3, -0.25) is 4.90 Å². The fraction of sp³-hybridized carbons (Fsp3) is 0.423. The van der Waals surface area contributed by atoms with Crippen molar-refractivity contribution in [2.45, 2.75) is 51.0 Å². The average Bonchev–Trinajstić information content (AvgIpc) is 3.46. The molecule has 2 heterocycles. The highest BCUT2D eigenvalue weighted by molar-refractivity contribution is 6.30. The second kappa shape index (κ2) is 9.54. The van der Waals surface area contributed by atoms with E-state index in [1.165, 1.54) is 0 Å².